The van der Waals surface area contributed by atoms with Crippen molar-refractivity contribution < 1.29 is 9.53 Å². The van der Waals surface area contributed by atoms with Gasteiger partial charge in [-0.1, -0.05) is 27.2 Å². The molecule has 104 valence electrons. The van der Waals surface area contributed by atoms with Gasteiger partial charge in [0.25, 0.3) is 0 Å². The topological polar surface area (TPSA) is 55.6 Å². The van der Waals surface area contributed by atoms with Gasteiger partial charge in [-0.25, -0.2) is 0 Å². The van der Waals surface area contributed by atoms with E-state index in [1.165, 1.54) is 19.4 Å². The number of primary amides is 1. The summed E-state index contributed by atoms with van der Waals surface area (Å²) in [6.45, 7) is 9.14. The molecule has 0 aliphatic rings. The summed E-state index contributed by atoms with van der Waals surface area (Å²) >= 11 is 0. The number of carbonyl (C=O) groups is 1. The zero-order valence-corrected chi connectivity index (χ0v) is 12.0. The number of rotatable bonds is 10. The minimum absolute atomic E-state index is 0.0473. The SMILES string of the molecule is CC.CCCCN(C)CCCCOCC(N)=O. The quantitative estimate of drug-likeness (QED) is 0.600. The van der Waals surface area contributed by atoms with Gasteiger partial charge in [-0.3, -0.25) is 4.79 Å². The molecule has 0 bridgehead atoms. The third-order valence-electron chi connectivity index (χ3n) is 2.22. The second-order valence-electron chi connectivity index (χ2n) is 3.88. The van der Waals surface area contributed by atoms with Crippen LogP contribution in [0.4, 0.5) is 0 Å². The van der Waals surface area contributed by atoms with E-state index >= 15 is 0 Å². The zero-order valence-electron chi connectivity index (χ0n) is 12.0. The average molecular weight is 246 g/mol. The van der Waals surface area contributed by atoms with E-state index in [1.807, 2.05) is 13.8 Å². The monoisotopic (exact) mass is 246 g/mol. The predicted octanol–water partition coefficient (Wildman–Crippen LogP) is 2.03. The van der Waals surface area contributed by atoms with Crippen LogP contribution >= 0.6 is 0 Å². The minimum atomic E-state index is -0.393. The molecule has 0 saturated carbocycles. The smallest absolute Gasteiger partial charge is 0.243 e. The summed E-state index contributed by atoms with van der Waals surface area (Å²) in [4.78, 5) is 12.7. The lowest BCUT2D eigenvalue weighted by atomic mass is 10.3. The first-order valence-corrected chi connectivity index (χ1v) is 6.71. The van der Waals surface area contributed by atoms with Crippen LogP contribution in [0, 0.1) is 0 Å². The number of carbonyl (C=O) groups excluding carboxylic acids is 1. The van der Waals surface area contributed by atoms with Crippen LogP contribution in [0.25, 0.3) is 0 Å². The summed E-state index contributed by atoms with van der Waals surface area (Å²) in [7, 11) is 2.14. The molecule has 2 N–H and O–H groups in total. The fraction of sp³-hybridized carbons (Fsp3) is 0.923. The molecule has 0 aromatic heterocycles. The minimum Gasteiger partial charge on any atom is -0.372 e. The highest BCUT2D eigenvalue weighted by molar-refractivity contribution is 5.74. The summed E-state index contributed by atoms with van der Waals surface area (Å²) in [6.07, 6.45) is 4.60. The van der Waals surface area contributed by atoms with Crippen LogP contribution in [0.1, 0.15) is 46.5 Å². The Morgan fingerprint density at radius 1 is 1.18 bits per heavy atom. The van der Waals surface area contributed by atoms with Gasteiger partial charge in [-0.15, -0.1) is 0 Å². The Morgan fingerprint density at radius 2 is 1.76 bits per heavy atom. The van der Waals surface area contributed by atoms with Crippen molar-refractivity contribution in [3.8, 4) is 0 Å². The second kappa shape index (κ2) is 15.4. The highest BCUT2D eigenvalue weighted by Crippen LogP contribution is 1.96. The molecule has 0 heterocycles. The van der Waals surface area contributed by atoms with Gasteiger partial charge in [0, 0.05) is 6.61 Å². The number of amides is 1. The van der Waals surface area contributed by atoms with E-state index < -0.39 is 5.91 Å². The van der Waals surface area contributed by atoms with Crippen molar-refractivity contribution in [1.29, 1.82) is 0 Å². The normalized spacial score (nSPS) is 9.94. The number of nitrogens with two attached hydrogens (primary N) is 1. The summed E-state index contributed by atoms with van der Waals surface area (Å²) < 4.78 is 5.06. The highest BCUT2D eigenvalue weighted by Gasteiger charge is 1.98. The molecule has 1 amide bonds. The van der Waals surface area contributed by atoms with Gasteiger partial charge in [-0.05, 0) is 39.4 Å². The van der Waals surface area contributed by atoms with Crippen LogP contribution in [0.5, 0.6) is 0 Å². The van der Waals surface area contributed by atoms with E-state index in [0.29, 0.717) is 6.61 Å². The molecular weight excluding hydrogens is 216 g/mol. The Kier molecular flexibility index (Phi) is 17.0. The Balaban J connectivity index is 0. The van der Waals surface area contributed by atoms with Gasteiger partial charge in [0.2, 0.25) is 5.91 Å². The maximum Gasteiger partial charge on any atom is 0.243 e. The first kappa shape index (κ1) is 18.7. The molecule has 0 atom stereocenters. The number of hydrogen-bond donors (Lipinski definition) is 1. The Labute approximate surface area is 106 Å². The molecule has 0 aromatic carbocycles. The van der Waals surface area contributed by atoms with E-state index in [1.54, 1.807) is 0 Å². The van der Waals surface area contributed by atoms with Gasteiger partial charge in [-0.2, -0.15) is 0 Å². The van der Waals surface area contributed by atoms with Gasteiger partial charge in [0.15, 0.2) is 0 Å². The molecule has 0 fully saturated rings. The van der Waals surface area contributed by atoms with Crippen LogP contribution in [0.15, 0.2) is 0 Å². The van der Waals surface area contributed by atoms with Crippen LogP contribution in [0.2, 0.25) is 0 Å². The van der Waals surface area contributed by atoms with E-state index in [0.717, 1.165) is 19.4 Å². The largest absolute Gasteiger partial charge is 0.372 e. The number of ether oxygens (including phenoxy) is 1. The van der Waals surface area contributed by atoms with Gasteiger partial charge >= 0.3 is 0 Å². The molecule has 17 heavy (non-hydrogen) atoms. The lowest BCUT2D eigenvalue weighted by Gasteiger charge is -2.15. The highest BCUT2D eigenvalue weighted by atomic mass is 16.5. The van der Waals surface area contributed by atoms with Crippen molar-refractivity contribution in [3.63, 3.8) is 0 Å². The van der Waals surface area contributed by atoms with Crippen molar-refractivity contribution in [2.45, 2.75) is 46.5 Å². The van der Waals surface area contributed by atoms with Crippen molar-refractivity contribution in [2.75, 3.05) is 33.4 Å². The van der Waals surface area contributed by atoms with Gasteiger partial charge in [0.1, 0.15) is 6.61 Å². The van der Waals surface area contributed by atoms with Crippen LogP contribution < -0.4 is 5.73 Å². The number of hydrogen-bond acceptors (Lipinski definition) is 3. The lowest BCUT2D eigenvalue weighted by molar-refractivity contribution is -0.122. The third-order valence-corrected chi connectivity index (χ3v) is 2.22. The summed E-state index contributed by atoms with van der Waals surface area (Å²) in [5.74, 6) is -0.393. The van der Waals surface area contributed by atoms with Crippen LogP contribution in [0.3, 0.4) is 0 Å². The molecule has 4 heteroatoms. The molecular formula is C13H30N2O2. The van der Waals surface area contributed by atoms with Crippen molar-refractivity contribution in [3.05, 3.63) is 0 Å². The first-order chi connectivity index (χ1) is 8.16. The number of unbranched alkanes of at least 4 members (excludes halogenated alkanes) is 2. The molecule has 0 rings (SSSR count). The van der Waals surface area contributed by atoms with E-state index in [9.17, 15) is 4.79 Å². The Hall–Kier alpha value is -0.610. The molecule has 4 nitrogen and oxygen atoms in total. The first-order valence-electron chi connectivity index (χ1n) is 6.71. The fourth-order valence-corrected chi connectivity index (χ4v) is 1.30. The molecule has 0 aliphatic heterocycles. The number of nitrogens with zero attached hydrogens (tertiary/aromatic N) is 1. The standard InChI is InChI=1S/C11H24N2O2.C2H6/c1-3-4-7-13(2)8-5-6-9-15-10-11(12)14;1-2/h3-10H2,1-2H3,(H2,12,14);1-2H3. The molecule has 0 aromatic rings. The zero-order chi connectivity index (χ0) is 13.5. The summed E-state index contributed by atoms with van der Waals surface area (Å²) in [6, 6.07) is 0. The lowest BCUT2D eigenvalue weighted by Crippen LogP contribution is -2.21. The molecule has 0 radical (unpaired) electrons. The predicted molar refractivity (Wildman–Crippen MR) is 73.0 cm³/mol. The van der Waals surface area contributed by atoms with E-state index in [2.05, 4.69) is 18.9 Å². The summed E-state index contributed by atoms with van der Waals surface area (Å²) in [5.41, 5.74) is 4.94. The fourth-order valence-electron chi connectivity index (χ4n) is 1.30. The molecule has 0 saturated heterocycles. The van der Waals surface area contributed by atoms with Crippen LogP contribution in [-0.4, -0.2) is 44.2 Å². The maximum atomic E-state index is 10.3. The Morgan fingerprint density at radius 3 is 2.29 bits per heavy atom. The third kappa shape index (κ3) is 18.0. The van der Waals surface area contributed by atoms with E-state index in [-0.39, 0.29) is 6.61 Å². The average Bonchev–Trinajstić information content (AvgIpc) is 2.33. The summed E-state index contributed by atoms with van der Waals surface area (Å²) in [5, 5.41) is 0. The Bertz CT molecular complexity index is 163. The van der Waals surface area contributed by atoms with Crippen molar-refractivity contribution in [2.24, 2.45) is 5.73 Å². The maximum absolute atomic E-state index is 10.3. The van der Waals surface area contributed by atoms with Crippen LogP contribution in [-0.2, 0) is 9.53 Å². The molecule has 0 aliphatic carbocycles. The van der Waals surface area contributed by atoms with Crippen molar-refractivity contribution in [1.82, 2.24) is 4.90 Å². The van der Waals surface area contributed by atoms with Crippen molar-refractivity contribution >= 4 is 5.91 Å². The van der Waals surface area contributed by atoms with Gasteiger partial charge in [0.05, 0.1) is 0 Å². The second-order valence-corrected chi connectivity index (χ2v) is 3.88. The molecule has 0 unspecified atom stereocenters. The van der Waals surface area contributed by atoms with Gasteiger partial charge < -0.3 is 15.4 Å². The van der Waals surface area contributed by atoms with E-state index in [4.69, 9.17) is 10.5 Å². The molecule has 0 spiro atoms.